The van der Waals surface area contributed by atoms with Crippen molar-refractivity contribution in [1.82, 2.24) is 18.3 Å². The number of hydrogen-bond donors (Lipinski definition) is 0. The number of aromatic nitrogens is 4. The van der Waals surface area contributed by atoms with Crippen LogP contribution < -0.4 is 26.2 Å². The number of hydrogen-bond acceptors (Lipinski definition) is 2. The van der Waals surface area contributed by atoms with Gasteiger partial charge >= 0.3 is 0 Å². The fourth-order valence-electron chi connectivity index (χ4n) is 18.4. The maximum Gasteiger partial charge on any atom is 0.252 e. The number of anilines is 6. The predicted molar refractivity (Wildman–Crippen MR) is 490 cm³/mol. The lowest BCUT2D eigenvalue weighted by Crippen LogP contribution is -2.61. The van der Waals surface area contributed by atoms with Crippen molar-refractivity contribution in [2.75, 3.05) is 9.80 Å². The summed E-state index contributed by atoms with van der Waals surface area (Å²) >= 11 is 0. The number of nitrogens with zero attached hydrogens (tertiary/aromatic N) is 6. The highest BCUT2D eigenvalue weighted by atomic mass is 15.2. The van der Waals surface area contributed by atoms with E-state index in [-0.39, 0.29) is 65.8 Å². The molecule has 6 heterocycles. The molecule has 20 aromatic rings. The van der Waals surface area contributed by atoms with Crippen LogP contribution in [0.2, 0.25) is 0 Å². The zero-order valence-electron chi connectivity index (χ0n) is 81.0. The summed E-state index contributed by atoms with van der Waals surface area (Å²) in [5.74, 6) is 0. The van der Waals surface area contributed by atoms with Crippen molar-refractivity contribution in [2.45, 2.75) is 78.6 Å². The first-order valence-electron chi connectivity index (χ1n) is 47.3. The van der Waals surface area contributed by atoms with Crippen molar-refractivity contribution in [1.29, 1.82) is 0 Å². The molecule has 0 aliphatic carbocycles. The quantitative estimate of drug-likeness (QED) is 0.135. The van der Waals surface area contributed by atoms with Crippen LogP contribution in [0.15, 0.2) is 351 Å². The standard InChI is InChI=1S/C108H85BN6/c1-106(2,3)71-50-57-95-86(60-71)87-61-72(107(4,5)6)51-58-96(87)112(95)76-53-56-89-99(65-76)115(105-78(68-32-14-10-15-33-68)54-59-97-102(105)83-44-26-31-49-94(83)110(97)74-38-20-13-21-39-74)101-67-77(113-92-47-29-24-42-81(92)82-43-25-30-48-93(82)113)66-100-103(101)109(89)88-55-52-75(111-90-45-27-22-40-79(90)80-41-23-28-46-91(80)111)64-98(88)114(100)104-84(69-34-16-11-17-35-69)62-73(108(7,8)9)63-85(104)70-36-18-12-19-37-70/h10-67H,1-9H3/i22D,23D,24D,25D,27D,28D,29D,30D,40D,41D,42D,43D,45D,46D,47D,48D. The Hall–Kier alpha value is -13.6. The first kappa shape index (κ1) is 53.3. The van der Waals surface area contributed by atoms with E-state index in [9.17, 15) is 21.9 Å². The number of fused-ring (bicyclic) bond motifs is 16. The molecule has 0 spiro atoms. The molecule has 115 heavy (non-hydrogen) atoms. The van der Waals surface area contributed by atoms with Gasteiger partial charge in [0.25, 0.3) is 6.71 Å². The third kappa shape index (κ3) is 10.5. The fraction of sp³-hybridized carbons (Fsp3) is 0.111. The third-order valence-electron chi connectivity index (χ3n) is 23.9. The molecular formula is C108H85BN6. The van der Waals surface area contributed by atoms with Gasteiger partial charge in [0.15, 0.2) is 0 Å². The normalized spacial score (nSPS) is 15.0. The van der Waals surface area contributed by atoms with E-state index in [2.05, 4.69) is 233 Å². The molecule has 0 N–H and O–H groups in total. The van der Waals surface area contributed by atoms with Crippen molar-refractivity contribution in [2.24, 2.45) is 0 Å². The molecule has 0 fully saturated rings. The summed E-state index contributed by atoms with van der Waals surface area (Å²) in [6.45, 7) is 19.1. The van der Waals surface area contributed by atoms with Crippen LogP contribution >= 0.6 is 0 Å². The minimum atomic E-state index is -0.851. The highest BCUT2D eigenvalue weighted by molar-refractivity contribution is 7.00. The Morgan fingerprint density at radius 3 is 1.08 bits per heavy atom. The smallest absolute Gasteiger partial charge is 0.252 e. The van der Waals surface area contributed by atoms with Gasteiger partial charge < -0.3 is 28.1 Å². The van der Waals surface area contributed by atoms with E-state index in [0.29, 0.717) is 28.4 Å². The maximum atomic E-state index is 10.4. The van der Waals surface area contributed by atoms with Crippen molar-refractivity contribution in [3.63, 3.8) is 0 Å². The second kappa shape index (κ2) is 25.4. The largest absolute Gasteiger partial charge is 0.310 e. The summed E-state index contributed by atoms with van der Waals surface area (Å²) in [7, 11) is 0. The number of rotatable bonds is 9. The van der Waals surface area contributed by atoms with Gasteiger partial charge in [0.2, 0.25) is 0 Å². The van der Waals surface area contributed by atoms with Crippen LogP contribution in [0.25, 0.3) is 143 Å². The zero-order valence-corrected chi connectivity index (χ0v) is 65.0. The highest BCUT2D eigenvalue weighted by Crippen LogP contribution is 2.56. The van der Waals surface area contributed by atoms with Gasteiger partial charge in [0.05, 0.1) is 83.1 Å². The Bertz CT molecular complexity index is 8140. The molecule has 6 nitrogen and oxygen atoms in total. The summed E-state index contributed by atoms with van der Waals surface area (Å²) in [6, 6.07) is 79.5. The van der Waals surface area contributed by atoms with Crippen LogP contribution in [0, 0.1) is 0 Å². The molecule has 0 amide bonds. The van der Waals surface area contributed by atoms with Gasteiger partial charge in [0.1, 0.15) is 0 Å². The van der Waals surface area contributed by atoms with E-state index in [1.54, 1.807) is 9.13 Å². The topological polar surface area (TPSA) is 26.2 Å². The van der Waals surface area contributed by atoms with Crippen LogP contribution in [0.4, 0.5) is 34.1 Å². The SMILES string of the molecule is [2H]c1c([2H])c([2H])c2c(c1[2H])c1c([2H])c([2H])c([2H])c([2H])c1n2-c1ccc2c(c1)N(c1c(-c3ccccc3)cc(C(C)(C)C)cc1-c1ccccc1)c1cc(-n3c4c([2H])c([2H])c([2H])c([2H])c4c4c([2H])c([2H])c([2H])c([2H])c43)cc3c1B2c1ccc(-n2c4ccc(C(C)(C)C)cc4c4cc(C(C)(C)C)ccc42)cc1N3c1c(-c2ccccc2)ccc2c1c1ccccc1n2-c1ccccc1. The van der Waals surface area contributed by atoms with E-state index in [4.69, 9.17) is 0 Å². The molecule has 16 aromatic carbocycles. The molecule has 0 unspecified atom stereocenters. The van der Waals surface area contributed by atoms with Crippen LogP contribution in [-0.4, -0.2) is 25.0 Å². The Balaban J connectivity index is 1.00. The van der Waals surface area contributed by atoms with Gasteiger partial charge in [-0.1, -0.05) is 293 Å². The molecular weight excluding hydrogens is 1390 g/mol. The lowest BCUT2D eigenvalue weighted by Gasteiger charge is -2.46. The lowest BCUT2D eigenvalue weighted by atomic mass is 9.33. The molecule has 0 saturated heterocycles. The maximum absolute atomic E-state index is 10.4. The Morgan fingerprint density at radius 2 is 0.617 bits per heavy atom. The molecule has 0 saturated carbocycles. The molecule has 0 atom stereocenters. The molecule has 2 aliphatic heterocycles. The van der Waals surface area contributed by atoms with Gasteiger partial charge in [-0.15, -0.1) is 0 Å². The Labute approximate surface area is 693 Å². The predicted octanol–water partition coefficient (Wildman–Crippen LogP) is 27.1. The van der Waals surface area contributed by atoms with Crippen LogP contribution in [-0.2, 0) is 16.2 Å². The van der Waals surface area contributed by atoms with Gasteiger partial charge in [-0.3, -0.25) is 0 Å². The fourth-order valence-corrected chi connectivity index (χ4v) is 18.4. The van der Waals surface area contributed by atoms with Crippen molar-refractivity contribution in [3.05, 3.63) is 368 Å². The van der Waals surface area contributed by atoms with Gasteiger partial charge in [-0.05, 0) is 187 Å². The molecule has 550 valence electrons. The third-order valence-corrected chi connectivity index (χ3v) is 23.9. The van der Waals surface area contributed by atoms with Crippen LogP contribution in [0.3, 0.4) is 0 Å². The van der Waals surface area contributed by atoms with E-state index in [0.717, 1.165) is 127 Å². The van der Waals surface area contributed by atoms with Gasteiger partial charge in [-0.2, -0.15) is 0 Å². The molecule has 7 heteroatoms. The van der Waals surface area contributed by atoms with Crippen molar-refractivity contribution in [3.8, 4) is 56.1 Å². The van der Waals surface area contributed by atoms with E-state index in [1.165, 1.54) is 0 Å². The van der Waals surface area contributed by atoms with Crippen LogP contribution in [0.5, 0.6) is 0 Å². The van der Waals surface area contributed by atoms with Crippen molar-refractivity contribution >= 4 is 144 Å². The minimum absolute atomic E-state index is 0.0900. The lowest BCUT2D eigenvalue weighted by molar-refractivity contribution is 0.590. The Kier molecular flexibility index (Phi) is 11.8. The second-order valence-electron chi connectivity index (χ2n) is 33.7. The van der Waals surface area contributed by atoms with E-state index in [1.807, 2.05) is 103 Å². The number of benzene rings is 16. The molecule has 0 bridgehead atoms. The summed E-state index contributed by atoms with van der Waals surface area (Å²) in [5.41, 5.74) is 18.4. The van der Waals surface area contributed by atoms with Gasteiger partial charge in [0, 0.05) is 99.6 Å². The van der Waals surface area contributed by atoms with E-state index < -0.39 is 109 Å². The van der Waals surface area contributed by atoms with Crippen molar-refractivity contribution < 1.29 is 21.9 Å². The van der Waals surface area contributed by atoms with Gasteiger partial charge in [-0.25, -0.2) is 0 Å². The second-order valence-corrected chi connectivity index (χ2v) is 33.7. The summed E-state index contributed by atoms with van der Waals surface area (Å²) in [6.07, 6.45) is 0. The molecule has 22 rings (SSSR count). The monoisotopic (exact) mass is 1490 g/mol. The number of para-hydroxylation sites is 6. The summed E-state index contributed by atoms with van der Waals surface area (Å²) in [4.78, 5) is 4.60. The average Bonchev–Trinajstić information content (AvgIpc) is 1.64. The first-order chi connectivity index (χ1) is 62.6. The molecule has 4 aromatic heterocycles. The first-order valence-corrected chi connectivity index (χ1v) is 39.3. The average molecular weight is 1490 g/mol. The summed E-state index contributed by atoms with van der Waals surface area (Å²) < 4.78 is 164. The molecule has 0 radical (unpaired) electrons. The molecule has 2 aliphatic rings. The zero-order chi connectivity index (χ0) is 91.4. The highest BCUT2D eigenvalue weighted by Gasteiger charge is 2.47. The van der Waals surface area contributed by atoms with Crippen LogP contribution in [0.1, 0.15) is 101 Å². The summed E-state index contributed by atoms with van der Waals surface area (Å²) in [5, 5.41) is 3.42. The minimum Gasteiger partial charge on any atom is -0.310 e. The van der Waals surface area contributed by atoms with E-state index >= 15 is 0 Å². The Morgan fingerprint density at radius 1 is 0.252 bits per heavy atom.